The first kappa shape index (κ1) is 15.6. The minimum atomic E-state index is 0.0658. The number of carbonyl (C=O) groups is 1. The van der Waals surface area contributed by atoms with Crippen LogP contribution in [0.1, 0.15) is 24.0 Å². The topological polar surface area (TPSA) is 29.1 Å². The Morgan fingerprint density at radius 1 is 0.905 bits per heavy atom. The molecule has 110 valence electrons. The molecule has 0 fully saturated rings. The van der Waals surface area contributed by atoms with Crippen LogP contribution in [0.4, 0.5) is 5.69 Å². The number of carbonyl (C=O) groups excluding carboxylic acids is 1. The molecule has 2 aromatic carbocycles. The zero-order chi connectivity index (χ0) is 14.9. The predicted molar refractivity (Wildman–Crippen MR) is 88.9 cm³/mol. The van der Waals surface area contributed by atoms with Gasteiger partial charge < -0.3 is 5.32 Å². The first-order chi connectivity index (χ1) is 10.3. The Morgan fingerprint density at radius 3 is 2.24 bits per heavy atom. The molecule has 0 radical (unpaired) electrons. The van der Waals surface area contributed by atoms with Crippen LogP contribution in [-0.2, 0) is 17.6 Å². The molecule has 0 heterocycles. The number of anilines is 1. The number of amides is 1. The van der Waals surface area contributed by atoms with Crippen molar-refractivity contribution < 1.29 is 4.79 Å². The number of halogens is 1. The fourth-order valence-electron chi connectivity index (χ4n) is 2.19. The van der Waals surface area contributed by atoms with Crippen molar-refractivity contribution in [3.05, 3.63) is 65.7 Å². The van der Waals surface area contributed by atoms with Gasteiger partial charge in [-0.2, -0.15) is 0 Å². The van der Waals surface area contributed by atoms with Crippen molar-refractivity contribution in [2.24, 2.45) is 0 Å². The van der Waals surface area contributed by atoms with E-state index >= 15 is 0 Å². The van der Waals surface area contributed by atoms with Crippen LogP contribution < -0.4 is 5.32 Å². The van der Waals surface area contributed by atoms with Gasteiger partial charge in [0.1, 0.15) is 0 Å². The van der Waals surface area contributed by atoms with Crippen molar-refractivity contribution in [2.45, 2.75) is 25.7 Å². The van der Waals surface area contributed by atoms with Crippen LogP contribution in [0.3, 0.4) is 0 Å². The summed E-state index contributed by atoms with van der Waals surface area (Å²) in [6, 6.07) is 18.1. The van der Waals surface area contributed by atoms with Gasteiger partial charge in [0.25, 0.3) is 0 Å². The normalized spacial score (nSPS) is 10.3. The summed E-state index contributed by atoms with van der Waals surface area (Å²) in [5.74, 6) is 0.682. The molecule has 0 atom stereocenters. The van der Waals surface area contributed by atoms with Crippen LogP contribution in [-0.4, -0.2) is 11.8 Å². The van der Waals surface area contributed by atoms with Gasteiger partial charge in [-0.3, -0.25) is 4.79 Å². The highest BCUT2D eigenvalue weighted by atomic mass is 35.5. The standard InChI is InChI=1S/C18H20ClNO/c19-14-13-16-9-11-17(12-10-16)20-18(21)8-4-7-15-5-2-1-3-6-15/h1-3,5-6,9-12H,4,7-8,13-14H2,(H,20,21). The largest absolute Gasteiger partial charge is 0.326 e. The highest BCUT2D eigenvalue weighted by molar-refractivity contribution is 6.17. The molecule has 0 aliphatic rings. The van der Waals surface area contributed by atoms with Gasteiger partial charge in [0.05, 0.1) is 0 Å². The van der Waals surface area contributed by atoms with E-state index in [0.29, 0.717) is 12.3 Å². The third kappa shape index (κ3) is 5.60. The molecule has 0 aliphatic carbocycles. The monoisotopic (exact) mass is 301 g/mol. The summed E-state index contributed by atoms with van der Waals surface area (Å²) in [7, 11) is 0. The van der Waals surface area contributed by atoms with Gasteiger partial charge >= 0.3 is 0 Å². The third-order valence-corrected chi connectivity index (χ3v) is 3.52. The van der Waals surface area contributed by atoms with E-state index in [-0.39, 0.29) is 5.91 Å². The zero-order valence-electron chi connectivity index (χ0n) is 12.0. The smallest absolute Gasteiger partial charge is 0.224 e. The molecule has 0 aromatic heterocycles. The second-order valence-corrected chi connectivity index (χ2v) is 5.40. The third-order valence-electron chi connectivity index (χ3n) is 3.33. The summed E-state index contributed by atoms with van der Waals surface area (Å²) in [6.45, 7) is 0. The molecule has 0 bridgehead atoms. The molecule has 1 N–H and O–H groups in total. The first-order valence-electron chi connectivity index (χ1n) is 7.26. The number of hydrogen-bond donors (Lipinski definition) is 1. The van der Waals surface area contributed by atoms with E-state index in [9.17, 15) is 4.79 Å². The maximum absolute atomic E-state index is 11.9. The number of alkyl halides is 1. The molecule has 1 amide bonds. The fraction of sp³-hybridized carbons (Fsp3) is 0.278. The lowest BCUT2D eigenvalue weighted by Gasteiger charge is -2.06. The van der Waals surface area contributed by atoms with Crippen LogP contribution in [0.2, 0.25) is 0 Å². The van der Waals surface area contributed by atoms with Gasteiger partial charge in [0.2, 0.25) is 5.91 Å². The molecule has 21 heavy (non-hydrogen) atoms. The molecule has 0 aliphatic heterocycles. The Hall–Kier alpha value is -1.80. The summed E-state index contributed by atoms with van der Waals surface area (Å²) >= 11 is 5.70. The SMILES string of the molecule is O=C(CCCc1ccccc1)Nc1ccc(CCCl)cc1. The molecule has 2 rings (SSSR count). The van der Waals surface area contributed by atoms with E-state index in [1.54, 1.807) is 0 Å². The van der Waals surface area contributed by atoms with Crippen molar-refractivity contribution in [1.29, 1.82) is 0 Å². The van der Waals surface area contributed by atoms with Gasteiger partial charge in [-0.15, -0.1) is 11.6 Å². The number of benzene rings is 2. The second-order valence-electron chi connectivity index (χ2n) is 5.02. The Labute approximate surface area is 131 Å². The molecule has 2 nitrogen and oxygen atoms in total. The lowest BCUT2D eigenvalue weighted by Crippen LogP contribution is -2.11. The fourth-order valence-corrected chi connectivity index (χ4v) is 2.40. The van der Waals surface area contributed by atoms with Crippen molar-refractivity contribution in [3.8, 4) is 0 Å². The summed E-state index contributed by atoms with van der Waals surface area (Å²) in [5.41, 5.74) is 3.31. The molecule has 0 unspecified atom stereocenters. The zero-order valence-corrected chi connectivity index (χ0v) is 12.8. The van der Waals surface area contributed by atoms with Crippen molar-refractivity contribution in [1.82, 2.24) is 0 Å². The van der Waals surface area contributed by atoms with Crippen LogP contribution in [0, 0.1) is 0 Å². The highest BCUT2D eigenvalue weighted by Gasteiger charge is 2.03. The Morgan fingerprint density at radius 2 is 1.57 bits per heavy atom. The van der Waals surface area contributed by atoms with Crippen LogP contribution in [0.15, 0.2) is 54.6 Å². The van der Waals surface area contributed by atoms with Crippen LogP contribution in [0.5, 0.6) is 0 Å². The lowest BCUT2D eigenvalue weighted by atomic mass is 10.1. The molecular formula is C18H20ClNO. The Balaban J connectivity index is 1.74. The van der Waals surface area contributed by atoms with E-state index in [1.807, 2.05) is 42.5 Å². The molecule has 0 spiro atoms. The highest BCUT2D eigenvalue weighted by Crippen LogP contribution is 2.12. The van der Waals surface area contributed by atoms with E-state index in [2.05, 4.69) is 17.4 Å². The Bertz CT molecular complexity index is 551. The number of nitrogens with one attached hydrogen (secondary N) is 1. The molecule has 3 heteroatoms. The number of hydrogen-bond acceptors (Lipinski definition) is 1. The van der Waals surface area contributed by atoms with Gasteiger partial charge in [-0.25, -0.2) is 0 Å². The minimum absolute atomic E-state index is 0.0658. The number of rotatable bonds is 7. The lowest BCUT2D eigenvalue weighted by molar-refractivity contribution is -0.116. The minimum Gasteiger partial charge on any atom is -0.326 e. The Kier molecular flexibility index (Phi) is 6.29. The molecule has 2 aromatic rings. The summed E-state index contributed by atoms with van der Waals surface area (Å²) in [6.07, 6.45) is 3.19. The van der Waals surface area contributed by atoms with Crippen LogP contribution in [0.25, 0.3) is 0 Å². The van der Waals surface area contributed by atoms with E-state index in [1.165, 1.54) is 11.1 Å². The van der Waals surface area contributed by atoms with E-state index in [4.69, 9.17) is 11.6 Å². The average Bonchev–Trinajstić information content (AvgIpc) is 2.51. The summed E-state index contributed by atoms with van der Waals surface area (Å²) in [5, 5.41) is 2.93. The van der Waals surface area contributed by atoms with E-state index < -0.39 is 0 Å². The van der Waals surface area contributed by atoms with Crippen molar-refractivity contribution in [2.75, 3.05) is 11.2 Å². The maximum Gasteiger partial charge on any atom is 0.224 e. The molecular weight excluding hydrogens is 282 g/mol. The quantitative estimate of drug-likeness (QED) is 0.753. The van der Waals surface area contributed by atoms with Crippen LogP contribution >= 0.6 is 11.6 Å². The molecule has 0 saturated heterocycles. The molecule has 0 saturated carbocycles. The predicted octanol–water partition coefficient (Wildman–Crippen LogP) is 4.43. The summed E-state index contributed by atoms with van der Waals surface area (Å²) < 4.78 is 0. The number of aryl methyl sites for hydroxylation is 2. The van der Waals surface area contributed by atoms with Gasteiger partial charge in [-0.1, -0.05) is 42.5 Å². The second kappa shape index (κ2) is 8.48. The maximum atomic E-state index is 11.9. The van der Waals surface area contributed by atoms with Gasteiger partial charge in [0, 0.05) is 18.0 Å². The summed E-state index contributed by atoms with van der Waals surface area (Å²) in [4.78, 5) is 11.9. The van der Waals surface area contributed by atoms with Gasteiger partial charge in [0.15, 0.2) is 0 Å². The van der Waals surface area contributed by atoms with E-state index in [0.717, 1.165) is 24.9 Å². The van der Waals surface area contributed by atoms with Crippen molar-refractivity contribution in [3.63, 3.8) is 0 Å². The van der Waals surface area contributed by atoms with Crippen molar-refractivity contribution >= 4 is 23.2 Å². The van der Waals surface area contributed by atoms with Gasteiger partial charge in [-0.05, 0) is 42.5 Å². The first-order valence-corrected chi connectivity index (χ1v) is 7.80. The average molecular weight is 302 g/mol.